The lowest BCUT2D eigenvalue weighted by molar-refractivity contribution is 0.0629. The van der Waals surface area contributed by atoms with Gasteiger partial charge in [-0.1, -0.05) is 24.3 Å². The Labute approximate surface area is 152 Å². The van der Waals surface area contributed by atoms with Crippen LogP contribution < -0.4 is 0 Å². The number of phenols is 1. The van der Waals surface area contributed by atoms with E-state index in [0.717, 1.165) is 25.9 Å². The summed E-state index contributed by atoms with van der Waals surface area (Å²) >= 11 is 0. The fourth-order valence-electron chi connectivity index (χ4n) is 3.92. The van der Waals surface area contributed by atoms with Gasteiger partial charge in [0.05, 0.1) is 11.1 Å². The molecule has 1 N–H and O–H groups in total. The van der Waals surface area contributed by atoms with Crippen molar-refractivity contribution in [2.75, 3.05) is 26.2 Å². The second-order valence-corrected chi connectivity index (χ2v) is 7.01. The Morgan fingerprint density at radius 3 is 2.00 bits per heavy atom. The average molecular weight is 350 g/mol. The number of amides is 2. The van der Waals surface area contributed by atoms with Crippen molar-refractivity contribution >= 4 is 11.8 Å². The number of carbonyl (C=O) groups excluding carboxylic acids is 2. The number of piperidine rings is 1. The minimum Gasteiger partial charge on any atom is -0.508 e. The SMILES string of the molecule is O=C1c2ccccc2C(=O)N1CCN1CCC(c2ccc(O)cc2)CC1. The van der Waals surface area contributed by atoms with Gasteiger partial charge in [-0.25, -0.2) is 0 Å². The smallest absolute Gasteiger partial charge is 0.261 e. The predicted molar refractivity (Wildman–Crippen MR) is 98.3 cm³/mol. The molecule has 5 heteroatoms. The number of carbonyl (C=O) groups is 2. The third kappa shape index (κ3) is 3.10. The highest BCUT2D eigenvalue weighted by atomic mass is 16.3. The lowest BCUT2D eigenvalue weighted by atomic mass is 9.89. The normalized spacial score (nSPS) is 18.4. The first kappa shape index (κ1) is 16.8. The van der Waals surface area contributed by atoms with Crippen LogP contribution in [-0.2, 0) is 0 Å². The maximum absolute atomic E-state index is 12.4. The molecule has 1 saturated heterocycles. The molecule has 1 fully saturated rings. The number of fused-ring (bicyclic) bond motifs is 1. The highest BCUT2D eigenvalue weighted by molar-refractivity contribution is 6.21. The van der Waals surface area contributed by atoms with Crippen LogP contribution >= 0.6 is 0 Å². The summed E-state index contributed by atoms with van der Waals surface area (Å²) in [4.78, 5) is 28.5. The molecule has 0 unspecified atom stereocenters. The molecular formula is C21H22N2O3. The number of rotatable bonds is 4. The molecule has 0 bridgehead atoms. The molecule has 2 aromatic rings. The van der Waals surface area contributed by atoms with Crippen LogP contribution in [0.15, 0.2) is 48.5 Å². The summed E-state index contributed by atoms with van der Waals surface area (Å²) in [5.41, 5.74) is 2.30. The number of imide groups is 1. The maximum atomic E-state index is 12.4. The molecule has 134 valence electrons. The second-order valence-electron chi connectivity index (χ2n) is 7.01. The van der Waals surface area contributed by atoms with Crippen molar-refractivity contribution in [2.45, 2.75) is 18.8 Å². The lowest BCUT2D eigenvalue weighted by Gasteiger charge is -2.33. The fourth-order valence-corrected chi connectivity index (χ4v) is 3.92. The Kier molecular flexibility index (Phi) is 4.47. The Hall–Kier alpha value is -2.66. The molecule has 4 rings (SSSR count). The van der Waals surface area contributed by atoms with E-state index in [0.29, 0.717) is 35.9 Å². The second kappa shape index (κ2) is 6.92. The summed E-state index contributed by atoms with van der Waals surface area (Å²) in [6, 6.07) is 14.5. The average Bonchev–Trinajstić information content (AvgIpc) is 2.92. The predicted octanol–water partition coefficient (Wildman–Crippen LogP) is 2.87. The number of benzene rings is 2. The summed E-state index contributed by atoms with van der Waals surface area (Å²) in [7, 11) is 0. The van der Waals surface area contributed by atoms with Gasteiger partial charge in [-0.2, -0.15) is 0 Å². The van der Waals surface area contributed by atoms with Crippen LogP contribution in [-0.4, -0.2) is 52.9 Å². The Morgan fingerprint density at radius 2 is 1.42 bits per heavy atom. The molecule has 0 aromatic heterocycles. The Bertz CT molecular complexity index is 788. The zero-order valence-corrected chi connectivity index (χ0v) is 14.6. The number of aromatic hydroxyl groups is 1. The number of hydrogen-bond donors (Lipinski definition) is 1. The van der Waals surface area contributed by atoms with Crippen LogP contribution in [0, 0.1) is 0 Å². The van der Waals surface area contributed by atoms with Gasteiger partial charge >= 0.3 is 0 Å². The van der Waals surface area contributed by atoms with Gasteiger partial charge in [0.2, 0.25) is 0 Å². The van der Waals surface area contributed by atoms with Gasteiger partial charge < -0.3 is 10.0 Å². The third-order valence-electron chi connectivity index (χ3n) is 5.47. The van der Waals surface area contributed by atoms with E-state index in [1.165, 1.54) is 10.5 Å². The molecule has 2 aliphatic rings. The first-order valence-corrected chi connectivity index (χ1v) is 9.10. The molecule has 2 aliphatic heterocycles. The zero-order chi connectivity index (χ0) is 18.1. The lowest BCUT2D eigenvalue weighted by Crippen LogP contribution is -2.41. The zero-order valence-electron chi connectivity index (χ0n) is 14.6. The quantitative estimate of drug-likeness (QED) is 0.862. The molecule has 2 aromatic carbocycles. The third-order valence-corrected chi connectivity index (χ3v) is 5.47. The van der Waals surface area contributed by atoms with E-state index in [4.69, 9.17) is 0 Å². The monoisotopic (exact) mass is 350 g/mol. The van der Waals surface area contributed by atoms with Crippen molar-refractivity contribution < 1.29 is 14.7 Å². The van der Waals surface area contributed by atoms with Gasteiger partial charge in [0.15, 0.2) is 0 Å². The summed E-state index contributed by atoms with van der Waals surface area (Å²) in [5, 5.41) is 9.41. The van der Waals surface area contributed by atoms with E-state index >= 15 is 0 Å². The van der Waals surface area contributed by atoms with E-state index in [1.807, 2.05) is 12.1 Å². The molecule has 0 saturated carbocycles. The van der Waals surface area contributed by atoms with Gasteiger partial charge in [-0.15, -0.1) is 0 Å². The standard InChI is InChI=1S/C21H22N2O3/c24-17-7-5-15(6-8-17)16-9-11-22(12-10-16)13-14-23-20(25)18-3-1-2-4-19(18)21(23)26/h1-8,16,24H,9-14H2. The van der Waals surface area contributed by atoms with Crippen LogP contribution in [0.3, 0.4) is 0 Å². The van der Waals surface area contributed by atoms with Gasteiger partial charge in [-0.3, -0.25) is 14.5 Å². The van der Waals surface area contributed by atoms with E-state index in [-0.39, 0.29) is 11.8 Å². The molecule has 0 radical (unpaired) electrons. The summed E-state index contributed by atoms with van der Waals surface area (Å²) in [6.07, 6.45) is 2.10. The van der Waals surface area contributed by atoms with Crippen LogP contribution in [0.1, 0.15) is 45.0 Å². The van der Waals surface area contributed by atoms with Crippen molar-refractivity contribution in [1.29, 1.82) is 0 Å². The Morgan fingerprint density at radius 1 is 0.846 bits per heavy atom. The van der Waals surface area contributed by atoms with Gasteiger partial charge in [0, 0.05) is 13.1 Å². The fraction of sp³-hybridized carbons (Fsp3) is 0.333. The topological polar surface area (TPSA) is 60.9 Å². The van der Waals surface area contributed by atoms with Crippen molar-refractivity contribution in [2.24, 2.45) is 0 Å². The van der Waals surface area contributed by atoms with Gasteiger partial charge in [0.1, 0.15) is 5.75 Å². The number of likely N-dealkylation sites (tertiary alicyclic amines) is 1. The van der Waals surface area contributed by atoms with Crippen LogP contribution in [0.4, 0.5) is 0 Å². The number of phenolic OH excluding ortho intramolecular Hbond substituents is 1. The minimum absolute atomic E-state index is 0.176. The minimum atomic E-state index is -0.176. The van der Waals surface area contributed by atoms with E-state index < -0.39 is 0 Å². The van der Waals surface area contributed by atoms with Crippen molar-refractivity contribution in [1.82, 2.24) is 9.80 Å². The molecular weight excluding hydrogens is 328 g/mol. The Balaban J connectivity index is 1.31. The molecule has 26 heavy (non-hydrogen) atoms. The first-order valence-electron chi connectivity index (χ1n) is 9.10. The van der Waals surface area contributed by atoms with E-state index in [9.17, 15) is 14.7 Å². The molecule has 0 aliphatic carbocycles. The molecule has 0 atom stereocenters. The van der Waals surface area contributed by atoms with Crippen LogP contribution in [0.2, 0.25) is 0 Å². The van der Waals surface area contributed by atoms with Gasteiger partial charge in [-0.05, 0) is 61.7 Å². The molecule has 2 amide bonds. The summed E-state index contributed by atoms with van der Waals surface area (Å²) < 4.78 is 0. The first-order chi connectivity index (χ1) is 12.6. The van der Waals surface area contributed by atoms with Crippen LogP contribution in [0.25, 0.3) is 0 Å². The van der Waals surface area contributed by atoms with E-state index in [1.54, 1.807) is 36.4 Å². The molecule has 0 spiro atoms. The number of nitrogens with zero attached hydrogens (tertiary/aromatic N) is 2. The van der Waals surface area contributed by atoms with Crippen molar-refractivity contribution in [3.63, 3.8) is 0 Å². The van der Waals surface area contributed by atoms with Crippen molar-refractivity contribution in [3.05, 3.63) is 65.2 Å². The van der Waals surface area contributed by atoms with Crippen LogP contribution in [0.5, 0.6) is 5.75 Å². The summed E-state index contributed by atoms with van der Waals surface area (Å²) in [6.45, 7) is 3.06. The van der Waals surface area contributed by atoms with Gasteiger partial charge in [0.25, 0.3) is 11.8 Å². The number of hydrogen-bond acceptors (Lipinski definition) is 4. The highest BCUT2D eigenvalue weighted by Crippen LogP contribution is 2.29. The largest absolute Gasteiger partial charge is 0.508 e. The van der Waals surface area contributed by atoms with Crippen molar-refractivity contribution in [3.8, 4) is 5.75 Å². The molecule has 5 nitrogen and oxygen atoms in total. The van der Waals surface area contributed by atoms with E-state index in [2.05, 4.69) is 4.90 Å². The summed E-state index contributed by atoms with van der Waals surface area (Å²) in [5.74, 6) is 0.451. The maximum Gasteiger partial charge on any atom is 0.261 e. The highest BCUT2D eigenvalue weighted by Gasteiger charge is 2.35. The molecule has 2 heterocycles.